The first kappa shape index (κ1) is 20.1. The van der Waals surface area contributed by atoms with Gasteiger partial charge in [0.15, 0.2) is 10.4 Å². The number of ether oxygens (including phenoxy) is 2. The van der Waals surface area contributed by atoms with Crippen LogP contribution < -0.4 is 4.74 Å². The van der Waals surface area contributed by atoms with Crippen molar-refractivity contribution >= 4 is 45.5 Å². The van der Waals surface area contributed by atoms with Crippen LogP contribution in [0.1, 0.15) is 29.8 Å². The normalized spacial score (nSPS) is 24.6. The number of nitrogens with zero attached hydrogens (tertiary/aromatic N) is 3. The molecular formula is C20H16BrN3O6S. The van der Waals surface area contributed by atoms with E-state index in [1.54, 1.807) is 18.3 Å². The molecule has 1 fully saturated rings. The molecule has 4 heterocycles. The Morgan fingerprint density at radius 3 is 2.97 bits per heavy atom. The topological polar surface area (TPSA) is 111 Å². The number of hydrogen-bond acceptors (Lipinski definition) is 7. The number of halogens is 1. The summed E-state index contributed by atoms with van der Waals surface area (Å²) in [5, 5.41) is 14.5. The number of thioether (sulfide) groups is 1. The van der Waals surface area contributed by atoms with Crippen molar-refractivity contribution in [2.24, 2.45) is 0 Å². The highest BCUT2D eigenvalue weighted by molar-refractivity contribution is 9.10. The molecule has 1 N–H and O–H groups in total. The number of carboxylic acid groups (broad SMARTS) is 1. The fourth-order valence-electron chi connectivity index (χ4n) is 4.02. The molecular weight excluding hydrogens is 490 g/mol. The lowest BCUT2D eigenvalue weighted by Crippen LogP contribution is -2.70. The van der Waals surface area contributed by atoms with E-state index in [0.29, 0.717) is 24.5 Å². The van der Waals surface area contributed by atoms with Crippen LogP contribution in [0.5, 0.6) is 5.75 Å². The van der Waals surface area contributed by atoms with E-state index in [2.05, 4.69) is 21.0 Å². The summed E-state index contributed by atoms with van der Waals surface area (Å²) in [6.45, 7) is 2.13. The van der Waals surface area contributed by atoms with Crippen LogP contribution in [-0.2, 0) is 32.3 Å². The highest BCUT2D eigenvalue weighted by Gasteiger charge is 2.68. The van der Waals surface area contributed by atoms with Gasteiger partial charge in [0.2, 0.25) is 0 Å². The van der Waals surface area contributed by atoms with Crippen LogP contribution >= 0.6 is 27.7 Å². The number of hydrogen-bond donors (Lipinski definition) is 1. The van der Waals surface area contributed by atoms with E-state index in [4.69, 9.17) is 9.47 Å². The van der Waals surface area contributed by atoms with E-state index in [-0.39, 0.29) is 5.70 Å². The third kappa shape index (κ3) is 2.98. The molecule has 31 heavy (non-hydrogen) atoms. The van der Waals surface area contributed by atoms with Gasteiger partial charge in [-0.05, 0) is 23.8 Å². The van der Waals surface area contributed by atoms with Crippen molar-refractivity contribution in [2.45, 2.75) is 35.9 Å². The zero-order valence-corrected chi connectivity index (χ0v) is 18.6. The number of amides is 1. The summed E-state index contributed by atoms with van der Waals surface area (Å²) in [6.07, 6.45) is 0.743. The molecule has 0 aliphatic carbocycles. The Labute approximate surface area is 189 Å². The Bertz CT molecular complexity index is 1160. The largest absolute Gasteiger partial charge is 0.487 e. The van der Waals surface area contributed by atoms with E-state index in [0.717, 1.165) is 11.3 Å². The first-order chi connectivity index (χ1) is 14.8. The number of aromatic nitrogens is 2. The minimum Gasteiger partial charge on any atom is -0.487 e. The molecule has 9 nitrogen and oxygen atoms in total. The van der Waals surface area contributed by atoms with Gasteiger partial charge in [0.25, 0.3) is 5.91 Å². The molecule has 160 valence electrons. The molecule has 0 radical (unpaired) electrons. The number of β-lactam (4-membered cyclic amide) rings is 1. The van der Waals surface area contributed by atoms with Gasteiger partial charge in [-0.2, -0.15) is 5.10 Å². The minimum absolute atomic E-state index is 0.0850. The Morgan fingerprint density at radius 2 is 2.23 bits per heavy atom. The van der Waals surface area contributed by atoms with Crippen molar-refractivity contribution in [3.05, 3.63) is 58.4 Å². The number of carbonyl (C=O) groups excluding carboxylic acids is 2. The van der Waals surface area contributed by atoms with Gasteiger partial charge in [-0.3, -0.25) is 19.2 Å². The number of benzene rings is 1. The standard InChI is InChI=1S/C20H16BrN3O6S/c1-10(25)30-16(20(21)18(28)24-14(17(26)27)9-31-19(20)24)11-2-3-15-12(6-11)7-23-13(8-29-15)4-5-22-23/h2-6,9,16,19H,7-8H2,1H3,(H,26,27). The molecule has 5 rings (SSSR count). The number of alkyl halides is 1. The van der Waals surface area contributed by atoms with Crippen molar-refractivity contribution in [1.82, 2.24) is 14.7 Å². The number of carbonyl (C=O) groups is 3. The van der Waals surface area contributed by atoms with Gasteiger partial charge >= 0.3 is 11.9 Å². The van der Waals surface area contributed by atoms with Crippen molar-refractivity contribution in [2.75, 3.05) is 0 Å². The summed E-state index contributed by atoms with van der Waals surface area (Å²) in [4.78, 5) is 37.7. The molecule has 0 bridgehead atoms. The van der Waals surface area contributed by atoms with E-state index >= 15 is 0 Å². The molecule has 3 aliphatic heterocycles. The first-order valence-electron chi connectivity index (χ1n) is 9.35. The predicted octanol–water partition coefficient (Wildman–Crippen LogP) is 2.40. The molecule has 3 atom stereocenters. The van der Waals surface area contributed by atoms with Crippen LogP contribution in [0.4, 0.5) is 0 Å². The van der Waals surface area contributed by atoms with Crippen molar-refractivity contribution in [3.8, 4) is 5.75 Å². The maximum absolute atomic E-state index is 13.1. The molecule has 0 spiro atoms. The molecule has 2 aromatic rings. The highest BCUT2D eigenvalue weighted by atomic mass is 79.9. The lowest BCUT2D eigenvalue weighted by Gasteiger charge is -2.51. The number of rotatable bonds is 4. The molecule has 3 aliphatic rings. The SMILES string of the molecule is CC(=O)OC(c1ccc2c(c1)Cn1nccc1CO2)C1(Br)C(=O)N2C(C(=O)O)=CSC21. The second kappa shape index (κ2) is 7.13. The third-order valence-corrected chi connectivity index (χ3v) is 8.17. The summed E-state index contributed by atoms with van der Waals surface area (Å²) in [7, 11) is 0. The fraction of sp³-hybridized carbons (Fsp3) is 0.300. The lowest BCUT2D eigenvalue weighted by molar-refractivity contribution is -0.162. The average molecular weight is 506 g/mol. The molecule has 11 heteroatoms. The van der Waals surface area contributed by atoms with Crippen LogP contribution in [0.25, 0.3) is 0 Å². The molecule has 1 saturated heterocycles. The predicted molar refractivity (Wildman–Crippen MR) is 112 cm³/mol. The second-order valence-corrected chi connectivity index (χ2v) is 9.63. The second-order valence-electron chi connectivity index (χ2n) is 7.37. The van der Waals surface area contributed by atoms with E-state index in [1.165, 1.54) is 29.0 Å². The maximum Gasteiger partial charge on any atom is 0.353 e. The van der Waals surface area contributed by atoms with Crippen molar-refractivity contribution < 1.29 is 29.0 Å². The van der Waals surface area contributed by atoms with Gasteiger partial charge in [0.05, 0.1) is 12.2 Å². The minimum atomic E-state index is -1.30. The Morgan fingerprint density at radius 1 is 1.42 bits per heavy atom. The average Bonchev–Trinajstić information content (AvgIpc) is 3.32. The highest BCUT2D eigenvalue weighted by Crippen LogP contribution is 2.58. The van der Waals surface area contributed by atoms with Gasteiger partial charge in [0, 0.05) is 24.1 Å². The number of carboxylic acids is 1. The summed E-state index contributed by atoms with van der Waals surface area (Å²) in [6, 6.07) is 7.26. The van der Waals surface area contributed by atoms with E-state index in [9.17, 15) is 19.5 Å². The number of fused-ring (bicyclic) bond motifs is 3. The molecule has 3 unspecified atom stereocenters. The maximum atomic E-state index is 13.1. The zero-order valence-electron chi connectivity index (χ0n) is 16.1. The van der Waals surface area contributed by atoms with Crippen LogP contribution in [0.2, 0.25) is 0 Å². The number of aliphatic carboxylic acids is 1. The Balaban J connectivity index is 1.52. The van der Waals surface area contributed by atoms with Crippen LogP contribution in [-0.4, -0.2) is 47.3 Å². The smallest absolute Gasteiger partial charge is 0.353 e. The third-order valence-electron chi connectivity index (χ3n) is 5.48. The molecule has 1 amide bonds. The monoisotopic (exact) mass is 505 g/mol. The van der Waals surface area contributed by atoms with Gasteiger partial charge < -0.3 is 14.6 Å². The summed E-state index contributed by atoms with van der Waals surface area (Å²) < 4.78 is 12.0. The van der Waals surface area contributed by atoms with Crippen LogP contribution in [0.15, 0.2) is 41.6 Å². The quantitative estimate of drug-likeness (QED) is 0.383. The fourth-order valence-corrected chi connectivity index (χ4v) is 6.33. The van der Waals surface area contributed by atoms with Crippen molar-refractivity contribution in [1.29, 1.82) is 0 Å². The van der Waals surface area contributed by atoms with Crippen molar-refractivity contribution in [3.63, 3.8) is 0 Å². The summed E-state index contributed by atoms with van der Waals surface area (Å²) >= 11 is 4.71. The van der Waals surface area contributed by atoms with Gasteiger partial charge in [0.1, 0.15) is 23.4 Å². The van der Waals surface area contributed by atoms with Gasteiger partial charge in [-0.15, -0.1) is 11.8 Å². The van der Waals surface area contributed by atoms with Crippen LogP contribution in [0, 0.1) is 0 Å². The zero-order chi connectivity index (χ0) is 21.9. The number of esters is 1. The Kier molecular flexibility index (Phi) is 4.63. The van der Waals surface area contributed by atoms with Gasteiger partial charge in [-0.25, -0.2) is 4.79 Å². The Hall–Kier alpha value is -2.79. The summed E-state index contributed by atoms with van der Waals surface area (Å²) in [5.41, 5.74) is 2.28. The van der Waals surface area contributed by atoms with Crippen LogP contribution in [0.3, 0.4) is 0 Å². The van der Waals surface area contributed by atoms with E-state index < -0.39 is 33.6 Å². The lowest BCUT2D eigenvalue weighted by atomic mass is 9.86. The van der Waals surface area contributed by atoms with Gasteiger partial charge in [-0.1, -0.05) is 22.0 Å². The first-order valence-corrected chi connectivity index (χ1v) is 11.1. The molecule has 1 aromatic heterocycles. The molecule has 0 saturated carbocycles. The van der Waals surface area contributed by atoms with E-state index in [1.807, 2.05) is 16.8 Å². The molecule has 1 aromatic carbocycles. The summed E-state index contributed by atoms with van der Waals surface area (Å²) in [5.74, 6) is -1.52.